The predicted molar refractivity (Wildman–Crippen MR) is 98.3 cm³/mol. The van der Waals surface area contributed by atoms with E-state index in [-0.39, 0.29) is 0 Å². The van der Waals surface area contributed by atoms with Crippen LogP contribution in [-0.2, 0) is 0 Å². The van der Waals surface area contributed by atoms with Crippen molar-refractivity contribution < 1.29 is 0 Å². The van der Waals surface area contributed by atoms with Gasteiger partial charge in [0.2, 0.25) is 0 Å². The van der Waals surface area contributed by atoms with Gasteiger partial charge in [0.15, 0.2) is 0 Å². The molecule has 3 rings (SSSR count). The standard InChI is InChI=1S/C22H21N/c1-16-7-11-19(12-8-16)15-21(20-13-9-17(2)10-14-20)22-6-4-5-18(3)23-22/h4-15H,1-3H3/b21-15+. The number of pyridine rings is 1. The predicted octanol–water partition coefficient (Wildman–Crippen LogP) is 5.60. The minimum absolute atomic E-state index is 1.01. The van der Waals surface area contributed by atoms with Gasteiger partial charge in [-0.05, 0) is 50.1 Å². The molecule has 0 saturated heterocycles. The molecule has 0 bridgehead atoms. The van der Waals surface area contributed by atoms with Crippen LogP contribution in [0.3, 0.4) is 0 Å². The largest absolute Gasteiger partial charge is 0.253 e. The maximum absolute atomic E-state index is 4.72. The number of benzene rings is 2. The van der Waals surface area contributed by atoms with Gasteiger partial charge in [0, 0.05) is 11.3 Å². The molecule has 0 amide bonds. The maximum atomic E-state index is 4.72. The third-order valence-electron chi connectivity index (χ3n) is 3.92. The molecule has 0 unspecified atom stereocenters. The van der Waals surface area contributed by atoms with Gasteiger partial charge >= 0.3 is 0 Å². The molecule has 0 N–H and O–H groups in total. The number of hydrogen-bond donors (Lipinski definition) is 0. The summed E-state index contributed by atoms with van der Waals surface area (Å²) < 4.78 is 0. The van der Waals surface area contributed by atoms with Crippen LogP contribution in [0.25, 0.3) is 11.6 Å². The fourth-order valence-electron chi connectivity index (χ4n) is 2.56. The summed E-state index contributed by atoms with van der Waals surface area (Å²) in [7, 11) is 0. The summed E-state index contributed by atoms with van der Waals surface area (Å²) in [6.07, 6.45) is 2.21. The third-order valence-corrected chi connectivity index (χ3v) is 3.92. The molecule has 1 aromatic heterocycles. The molecule has 0 spiro atoms. The van der Waals surface area contributed by atoms with Crippen molar-refractivity contribution in [1.29, 1.82) is 0 Å². The number of aromatic nitrogens is 1. The molecular formula is C22H21N. The average molecular weight is 299 g/mol. The highest BCUT2D eigenvalue weighted by Crippen LogP contribution is 2.25. The summed E-state index contributed by atoms with van der Waals surface area (Å²) in [6.45, 7) is 6.25. The van der Waals surface area contributed by atoms with E-state index in [2.05, 4.69) is 80.6 Å². The average Bonchev–Trinajstić information content (AvgIpc) is 2.55. The molecule has 23 heavy (non-hydrogen) atoms. The van der Waals surface area contributed by atoms with E-state index >= 15 is 0 Å². The van der Waals surface area contributed by atoms with Crippen molar-refractivity contribution in [2.75, 3.05) is 0 Å². The summed E-state index contributed by atoms with van der Waals surface area (Å²) in [4.78, 5) is 4.72. The Balaban J connectivity index is 2.13. The first kappa shape index (κ1) is 15.2. The third kappa shape index (κ3) is 3.75. The topological polar surface area (TPSA) is 12.9 Å². The van der Waals surface area contributed by atoms with E-state index < -0.39 is 0 Å². The molecule has 1 nitrogen and oxygen atoms in total. The first-order valence-electron chi connectivity index (χ1n) is 7.91. The number of hydrogen-bond acceptors (Lipinski definition) is 1. The van der Waals surface area contributed by atoms with Crippen LogP contribution in [0, 0.1) is 20.8 Å². The van der Waals surface area contributed by atoms with Gasteiger partial charge in [-0.1, -0.05) is 65.7 Å². The maximum Gasteiger partial charge on any atom is 0.0711 e. The van der Waals surface area contributed by atoms with E-state index in [0.29, 0.717) is 0 Å². The minimum atomic E-state index is 1.01. The van der Waals surface area contributed by atoms with Crippen molar-refractivity contribution in [2.45, 2.75) is 20.8 Å². The van der Waals surface area contributed by atoms with Crippen LogP contribution >= 0.6 is 0 Å². The summed E-state index contributed by atoms with van der Waals surface area (Å²) in [5.41, 5.74) is 8.11. The van der Waals surface area contributed by atoms with Gasteiger partial charge < -0.3 is 0 Å². The van der Waals surface area contributed by atoms with Crippen molar-refractivity contribution in [3.63, 3.8) is 0 Å². The van der Waals surface area contributed by atoms with Gasteiger partial charge in [-0.15, -0.1) is 0 Å². The lowest BCUT2D eigenvalue weighted by Crippen LogP contribution is -1.94. The van der Waals surface area contributed by atoms with E-state index in [1.807, 2.05) is 13.0 Å². The van der Waals surface area contributed by atoms with Crippen molar-refractivity contribution in [3.8, 4) is 0 Å². The van der Waals surface area contributed by atoms with E-state index in [9.17, 15) is 0 Å². The number of aryl methyl sites for hydroxylation is 3. The van der Waals surface area contributed by atoms with Crippen molar-refractivity contribution >= 4 is 11.6 Å². The van der Waals surface area contributed by atoms with Gasteiger partial charge in [-0.2, -0.15) is 0 Å². The van der Waals surface area contributed by atoms with Crippen LogP contribution in [0.4, 0.5) is 0 Å². The van der Waals surface area contributed by atoms with Crippen molar-refractivity contribution in [1.82, 2.24) is 4.98 Å². The van der Waals surface area contributed by atoms with Crippen LogP contribution < -0.4 is 0 Å². The second kappa shape index (κ2) is 6.62. The van der Waals surface area contributed by atoms with Gasteiger partial charge in [0.05, 0.1) is 5.69 Å². The summed E-state index contributed by atoms with van der Waals surface area (Å²) in [6, 6.07) is 23.4. The van der Waals surface area contributed by atoms with Gasteiger partial charge in [-0.3, -0.25) is 4.98 Å². The van der Waals surface area contributed by atoms with Crippen LogP contribution in [0.15, 0.2) is 66.7 Å². The fourth-order valence-corrected chi connectivity index (χ4v) is 2.56. The Labute approximate surface area is 138 Å². The quantitative estimate of drug-likeness (QED) is 0.574. The molecule has 0 aliphatic carbocycles. The molecule has 1 heteroatoms. The van der Waals surface area contributed by atoms with Crippen molar-refractivity contribution in [2.24, 2.45) is 0 Å². The van der Waals surface area contributed by atoms with E-state index in [0.717, 1.165) is 17.0 Å². The zero-order valence-electron chi connectivity index (χ0n) is 13.9. The highest BCUT2D eigenvalue weighted by atomic mass is 14.7. The molecule has 0 saturated carbocycles. The lowest BCUT2D eigenvalue weighted by Gasteiger charge is -2.10. The normalized spacial score (nSPS) is 11.5. The number of nitrogens with zero attached hydrogens (tertiary/aromatic N) is 1. The molecule has 0 radical (unpaired) electrons. The fraction of sp³-hybridized carbons (Fsp3) is 0.136. The molecule has 2 aromatic carbocycles. The molecule has 3 aromatic rings. The van der Waals surface area contributed by atoms with Crippen LogP contribution in [0.5, 0.6) is 0 Å². The number of rotatable bonds is 3. The van der Waals surface area contributed by atoms with Crippen LogP contribution in [0.1, 0.15) is 33.6 Å². The second-order valence-corrected chi connectivity index (χ2v) is 6.00. The SMILES string of the molecule is Cc1ccc(/C=C(\c2ccc(C)cc2)c2cccc(C)n2)cc1. The summed E-state index contributed by atoms with van der Waals surface area (Å²) in [5, 5.41) is 0. The first-order chi connectivity index (χ1) is 11.1. The molecule has 1 heterocycles. The molecule has 0 atom stereocenters. The minimum Gasteiger partial charge on any atom is -0.253 e. The Morgan fingerprint density at radius 3 is 1.96 bits per heavy atom. The Kier molecular flexibility index (Phi) is 4.38. The smallest absolute Gasteiger partial charge is 0.0711 e. The van der Waals surface area contributed by atoms with E-state index in [1.165, 1.54) is 22.3 Å². The Bertz CT molecular complexity index is 825. The Hall–Kier alpha value is -2.67. The molecule has 114 valence electrons. The zero-order chi connectivity index (χ0) is 16.2. The lowest BCUT2D eigenvalue weighted by molar-refractivity contribution is 1.17. The highest BCUT2D eigenvalue weighted by molar-refractivity contribution is 5.90. The van der Waals surface area contributed by atoms with Crippen molar-refractivity contribution in [3.05, 3.63) is 100 Å². The van der Waals surface area contributed by atoms with Crippen LogP contribution in [-0.4, -0.2) is 4.98 Å². The van der Waals surface area contributed by atoms with Gasteiger partial charge in [0.1, 0.15) is 0 Å². The molecule has 0 fully saturated rings. The zero-order valence-corrected chi connectivity index (χ0v) is 13.9. The van der Waals surface area contributed by atoms with Crippen LogP contribution in [0.2, 0.25) is 0 Å². The second-order valence-electron chi connectivity index (χ2n) is 6.00. The highest BCUT2D eigenvalue weighted by Gasteiger charge is 2.07. The summed E-state index contributed by atoms with van der Waals surface area (Å²) in [5.74, 6) is 0. The molecular weight excluding hydrogens is 278 g/mol. The summed E-state index contributed by atoms with van der Waals surface area (Å²) >= 11 is 0. The van der Waals surface area contributed by atoms with E-state index in [1.54, 1.807) is 0 Å². The lowest BCUT2D eigenvalue weighted by atomic mass is 9.98. The Morgan fingerprint density at radius 2 is 1.35 bits per heavy atom. The molecule has 0 aliphatic rings. The van der Waals surface area contributed by atoms with Gasteiger partial charge in [0.25, 0.3) is 0 Å². The van der Waals surface area contributed by atoms with E-state index in [4.69, 9.17) is 4.98 Å². The molecule has 0 aliphatic heterocycles. The monoisotopic (exact) mass is 299 g/mol. The van der Waals surface area contributed by atoms with Gasteiger partial charge in [-0.25, -0.2) is 0 Å². The Morgan fingerprint density at radius 1 is 0.739 bits per heavy atom. The first-order valence-corrected chi connectivity index (χ1v) is 7.91.